The molecule has 0 aliphatic carbocycles. The van der Waals surface area contributed by atoms with E-state index in [0.717, 1.165) is 28.8 Å². The normalized spacial score (nSPS) is 21.1. The van der Waals surface area contributed by atoms with Crippen LogP contribution in [0.2, 0.25) is 0 Å². The van der Waals surface area contributed by atoms with E-state index in [-0.39, 0.29) is 34.4 Å². The first-order valence-electron chi connectivity index (χ1n) is 12.0. The Morgan fingerprint density at radius 2 is 1.92 bits per heavy atom. The van der Waals surface area contributed by atoms with Crippen molar-refractivity contribution in [1.82, 2.24) is 19.2 Å². The summed E-state index contributed by atoms with van der Waals surface area (Å²) in [4.78, 5) is 38.7. The monoisotopic (exact) mass is 553 g/mol. The Balaban J connectivity index is 1.65. The van der Waals surface area contributed by atoms with Crippen molar-refractivity contribution in [1.29, 1.82) is 0 Å². The number of aryl methyl sites for hydroxylation is 1. The number of nitrogens with one attached hydrogen (secondary N) is 1. The molecule has 1 N–H and O–H groups in total. The van der Waals surface area contributed by atoms with E-state index in [1.807, 2.05) is 0 Å². The first kappa shape index (κ1) is 26.6. The van der Waals surface area contributed by atoms with Crippen LogP contribution < -0.4 is 21.2 Å². The molecule has 5 rings (SSSR count). The molecule has 0 radical (unpaired) electrons. The number of pyridine rings is 1. The number of nitrogens with zero attached hydrogens (tertiary/aromatic N) is 4. The number of benzene rings is 1. The Labute approximate surface area is 217 Å². The number of para-hydroxylation sites is 1. The average Bonchev–Trinajstić information content (AvgIpc) is 3.45. The fourth-order valence-electron chi connectivity index (χ4n) is 5.26. The smallest absolute Gasteiger partial charge is 0.413 e. The van der Waals surface area contributed by atoms with E-state index in [9.17, 15) is 36.3 Å². The number of aromatic nitrogens is 3. The highest BCUT2D eigenvalue weighted by Crippen LogP contribution is 2.46. The van der Waals surface area contributed by atoms with Crippen LogP contribution in [0.3, 0.4) is 0 Å². The van der Waals surface area contributed by atoms with Crippen molar-refractivity contribution in [3.8, 4) is 5.75 Å². The van der Waals surface area contributed by atoms with Crippen molar-refractivity contribution in [2.24, 2.45) is 7.05 Å². The summed E-state index contributed by atoms with van der Waals surface area (Å²) in [5.74, 6) is -3.80. The van der Waals surface area contributed by atoms with Crippen LogP contribution in [0.4, 0.5) is 27.8 Å². The SMILES string of the molecule is CC(=O)N1CC[C@@](n2cc3c(N[C@H](C)c4cccc5c4OCC5(F)F)nn(C)c(=O)c3cc2=O)(C(F)(F)F)C1. The Kier molecular flexibility index (Phi) is 5.99. The van der Waals surface area contributed by atoms with Crippen molar-refractivity contribution < 1.29 is 31.5 Å². The third kappa shape index (κ3) is 4.12. The van der Waals surface area contributed by atoms with Crippen molar-refractivity contribution in [2.45, 2.75) is 43.9 Å². The van der Waals surface area contributed by atoms with Gasteiger partial charge in [0.2, 0.25) is 5.91 Å². The molecule has 1 aromatic carbocycles. The lowest BCUT2D eigenvalue weighted by molar-refractivity contribution is -0.211. The van der Waals surface area contributed by atoms with Crippen molar-refractivity contribution >= 4 is 22.5 Å². The first-order valence-corrected chi connectivity index (χ1v) is 12.0. The predicted molar refractivity (Wildman–Crippen MR) is 130 cm³/mol. The molecule has 4 heterocycles. The number of carbonyl (C=O) groups is 1. The molecule has 0 unspecified atom stereocenters. The van der Waals surface area contributed by atoms with Gasteiger partial charge in [-0.15, -0.1) is 0 Å². The van der Waals surface area contributed by atoms with Crippen LogP contribution in [0.15, 0.2) is 40.1 Å². The van der Waals surface area contributed by atoms with Gasteiger partial charge in [0.25, 0.3) is 11.1 Å². The molecular formula is C25H24F5N5O4. The minimum absolute atomic E-state index is 0.0140. The molecule has 1 fully saturated rings. The molecule has 39 heavy (non-hydrogen) atoms. The second-order valence-electron chi connectivity index (χ2n) is 9.89. The summed E-state index contributed by atoms with van der Waals surface area (Å²) in [5, 5.41) is 6.89. The molecule has 2 aromatic heterocycles. The summed E-state index contributed by atoms with van der Waals surface area (Å²) in [7, 11) is 1.31. The van der Waals surface area contributed by atoms with E-state index >= 15 is 0 Å². The lowest BCUT2D eigenvalue weighted by Crippen LogP contribution is -2.54. The van der Waals surface area contributed by atoms with E-state index in [1.54, 1.807) is 13.0 Å². The zero-order valence-electron chi connectivity index (χ0n) is 21.1. The number of alkyl halides is 5. The predicted octanol–water partition coefficient (Wildman–Crippen LogP) is 3.26. The minimum Gasteiger partial charge on any atom is -0.486 e. The van der Waals surface area contributed by atoms with Crippen LogP contribution in [0.25, 0.3) is 10.8 Å². The molecular weight excluding hydrogens is 529 g/mol. The summed E-state index contributed by atoms with van der Waals surface area (Å²) in [6, 6.07) is 4.33. The lowest BCUT2D eigenvalue weighted by Gasteiger charge is -2.34. The largest absolute Gasteiger partial charge is 0.486 e. The van der Waals surface area contributed by atoms with Gasteiger partial charge in [-0.2, -0.15) is 27.1 Å². The summed E-state index contributed by atoms with van der Waals surface area (Å²) in [5.41, 5.74) is -4.43. The van der Waals surface area contributed by atoms with Crippen LogP contribution in [0.1, 0.15) is 37.4 Å². The van der Waals surface area contributed by atoms with E-state index in [0.29, 0.717) is 10.1 Å². The van der Waals surface area contributed by atoms with Gasteiger partial charge in [0.15, 0.2) is 18.0 Å². The molecule has 2 aliphatic heterocycles. The van der Waals surface area contributed by atoms with Gasteiger partial charge in [-0.3, -0.25) is 19.0 Å². The quantitative estimate of drug-likeness (QED) is 0.499. The number of likely N-dealkylation sites (tertiary alicyclic amines) is 1. The second kappa shape index (κ2) is 8.78. The van der Waals surface area contributed by atoms with Crippen LogP contribution in [0.5, 0.6) is 5.75 Å². The maximum Gasteiger partial charge on any atom is 0.413 e. The molecule has 0 spiro atoms. The van der Waals surface area contributed by atoms with Crippen molar-refractivity contribution in [3.63, 3.8) is 0 Å². The van der Waals surface area contributed by atoms with Crippen LogP contribution in [-0.4, -0.2) is 51.0 Å². The third-order valence-electron chi connectivity index (χ3n) is 7.42. The average molecular weight is 553 g/mol. The lowest BCUT2D eigenvalue weighted by atomic mass is 9.96. The molecule has 9 nitrogen and oxygen atoms in total. The van der Waals surface area contributed by atoms with Crippen molar-refractivity contribution in [2.75, 3.05) is 25.0 Å². The van der Waals surface area contributed by atoms with E-state index in [2.05, 4.69) is 10.4 Å². The van der Waals surface area contributed by atoms with Crippen LogP contribution >= 0.6 is 0 Å². The summed E-state index contributed by atoms with van der Waals surface area (Å²) < 4.78 is 78.6. The fraction of sp³-hybridized carbons (Fsp3) is 0.440. The van der Waals surface area contributed by atoms with Gasteiger partial charge in [-0.05, 0) is 19.4 Å². The maximum absolute atomic E-state index is 14.5. The molecule has 1 amide bonds. The van der Waals surface area contributed by atoms with Gasteiger partial charge >= 0.3 is 12.1 Å². The molecule has 1 saturated heterocycles. The number of hydrogen-bond acceptors (Lipinski definition) is 6. The highest BCUT2D eigenvalue weighted by Gasteiger charge is 2.60. The third-order valence-corrected chi connectivity index (χ3v) is 7.42. The molecule has 208 valence electrons. The number of carbonyl (C=O) groups excluding carboxylic acids is 1. The van der Waals surface area contributed by atoms with Gasteiger partial charge in [0, 0.05) is 43.7 Å². The summed E-state index contributed by atoms with van der Waals surface area (Å²) in [6.45, 7) is 0.960. The van der Waals surface area contributed by atoms with Crippen molar-refractivity contribution in [3.05, 3.63) is 62.3 Å². The maximum atomic E-state index is 14.5. The first-order chi connectivity index (χ1) is 18.2. The second-order valence-corrected chi connectivity index (χ2v) is 9.89. The topological polar surface area (TPSA) is 98.5 Å². The highest BCUT2D eigenvalue weighted by atomic mass is 19.4. The fourth-order valence-corrected chi connectivity index (χ4v) is 5.26. The molecule has 0 bridgehead atoms. The highest BCUT2D eigenvalue weighted by molar-refractivity contribution is 5.90. The van der Waals surface area contributed by atoms with Gasteiger partial charge in [-0.1, -0.05) is 12.1 Å². The van der Waals surface area contributed by atoms with Gasteiger partial charge in [0.05, 0.1) is 23.5 Å². The number of rotatable bonds is 4. The standard InChI is InChI=1S/C25H24F5N5O4/c1-13(15-5-4-6-18-20(15)39-12-24(18,26)27)31-21-17-10-35(19(37)9-16(17)22(38)33(3)32-21)23(25(28,29)30)7-8-34(11-23)14(2)36/h4-6,9-10,13H,7-8,11-12H2,1-3H3,(H,31,32)/t13-,23+/m1/s1. The number of fused-ring (bicyclic) bond motifs is 2. The summed E-state index contributed by atoms with van der Waals surface area (Å²) >= 11 is 0. The van der Waals surface area contributed by atoms with E-state index in [1.165, 1.54) is 19.2 Å². The molecule has 0 saturated carbocycles. The van der Waals surface area contributed by atoms with E-state index < -0.39 is 60.3 Å². The molecule has 3 aromatic rings. The number of anilines is 1. The number of amides is 1. The number of hydrogen-bond donors (Lipinski definition) is 1. The Bertz CT molecular complexity index is 1620. The van der Waals surface area contributed by atoms with Crippen LogP contribution in [0, 0.1) is 0 Å². The Morgan fingerprint density at radius 3 is 2.56 bits per heavy atom. The molecule has 2 aliphatic rings. The zero-order valence-corrected chi connectivity index (χ0v) is 21.1. The number of ether oxygens (including phenoxy) is 1. The zero-order chi connectivity index (χ0) is 28.5. The Morgan fingerprint density at radius 1 is 1.21 bits per heavy atom. The summed E-state index contributed by atoms with van der Waals surface area (Å²) in [6.07, 6.45) is -4.53. The molecule has 2 atom stereocenters. The van der Waals surface area contributed by atoms with Gasteiger partial charge in [-0.25, -0.2) is 4.68 Å². The van der Waals surface area contributed by atoms with Crippen LogP contribution in [-0.2, 0) is 23.3 Å². The van der Waals surface area contributed by atoms with Gasteiger partial charge in [0.1, 0.15) is 5.75 Å². The Hall–Kier alpha value is -3.97. The van der Waals surface area contributed by atoms with Gasteiger partial charge < -0.3 is 15.0 Å². The number of halogens is 5. The molecule has 14 heteroatoms. The minimum atomic E-state index is -4.91. The van der Waals surface area contributed by atoms with E-state index in [4.69, 9.17) is 4.74 Å².